The largest absolute Gasteiger partial charge is 0.465 e. The van der Waals surface area contributed by atoms with E-state index in [-0.39, 0.29) is 11.1 Å². The average Bonchev–Trinajstić information content (AvgIpc) is 2.49. The lowest BCUT2D eigenvalue weighted by Crippen LogP contribution is -2.20. The summed E-state index contributed by atoms with van der Waals surface area (Å²) in [5.74, 6) is -0.908. The first-order chi connectivity index (χ1) is 10.0. The van der Waals surface area contributed by atoms with Crippen LogP contribution in [0.15, 0.2) is 47.4 Å². The van der Waals surface area contributed by atoms with Gasteiger partial charge >= 0.3 is 5.97 Å². The first-order valence-corrected chi connectivity index (χ1v) is 6.17. The van der Waals surface area contributed by atoms with Gasteiger partial charge in [-0.3, -0.25) is 9.59 Å². The Morgan fingerprint density at radius 1 is 1.14 bits per heavy atom. The molecule has 0 spiro atoms. The monoisotopic (exact) mass is 286 g/mol. The van der Waals surface area contributed by atoms with Gasteiger partial charge in [0.2, 0.25) is 0 Å². The Morgan fingerprint density at radius 3 is 2.57 bits per heavy atom. The van der Waals surface area contributed by atoms with Gasteiger partial charge in [0.05, 0.1) is 12.7 Å². The lowest BCUT2D eigenvalue weighted by atomic mass is 10.2. The molecule has 2 aromatic rings. The molecule has 1 aromatic carbocycles. The van der Waals surface area contributed by atoms with Crippen molar-refractivity contribution in [2.45, 2.75) is 0 Å². The molecule has 0 radical (unpaired) electrons. The van der Waals surface area contributed by atoms with Crippen LogP contribution in [0.3, 0.4) is 0 Å². The van der Waals surface area contributed by atoms with Crippen molar-refractivity contribution >= 4 is 17.6 Å². The predicted molar refractivity (Wildman–Crippen MR) is 77.4 cm³/mol. The van der Waals surface area contributed by atoms with Crippen molar-refractivity contribution in [3.8, 4) is 0 Å². The van der Waals surface area contributed by atoms with Gasteiger partial charge in [0.1, 0.15) is 0 Å². The van der Waals surface area contributed by atoms with Gasteiger partial charge in [-0.25, -0.2) is 4.79 Å². The molecule has 0 bridgehead atoms. The lowest BCUT2D eigenvalue weighted by molar-refractivity contribution is 0.0600. The summed E-state index contributed by atoms with van der Waals surface area (Å²) in [6.07, 6.45) is 1.52. The Bertz CT molecular complexity index is 749. The summed E-state index contributed by atoms with van der Waals surface area (Å²) in [6.45, 7) is 0. The molecule has 1 aromatic heterocycles. The van der Waals surface area contributed by atoms with Gasteiger partial charge in [-0.2, -0.15) is 0 Å². The molecule has 2 rings (SSSR count). The van der Waals surface area contributed by atoms with E-state index in [1.807, 2.05) is 0 Å². The molecule has 0 unspecified atom stereocenters. The predicted octanol–water partition coefficient (Wildman–Crippen LogP) is 1.42. The second-order valence-electron chi connectivity index (χ2n) is 4.39. The van der Waals surface area contributed by atoms with Crippen LogP contribution in [-0.2, 0) is 11.8 Å². The van der Waals surface area contributed by atoms with Gasteiger partial charge in [-0.05, 0) is 24.3 Å². The molecule has 108 valence electrons. The van der Waals surface area contributed by atoms with E-state index in [9.17, 15) is 14.4 Å². The molecule has 0 aliphatic carbocycles. The van der Waals surface area contributed by atoms with Crippen LogP contribution in [0.4, 0.5) is 5.69 Å². The molecule has 0 saturated heterocycles. The summed E-state index contributed by atoms with van der Waals surface area (Å²) >= 11 is 0. The number of amides is 1. The van der Waals surface area contributed by atoms with Crippen molar-refractivity contribution in [2.24, 2.45) is 7.05 Å². The number of nitrogens with one attached hydrogen (secondary N) is 1. The van der Waals surface area contributed by atoms with Gasteiger partial charge in [-0.15, -0.1) is 0 Å². The van der Waals surface area contributed by atoms with Gasteiger partial charge < -0.3 is 14.6 Å². The maximum absolute atomic E-state index is 12.1. The number of rotatable bonds is 3. The van der Waals surface area contributed by atoms with E-state index >= 15 is 0 Å². The minimum Gasteiger partial charge on any atom is -0.465 e. The number of ether oxygens (including phenoxy) is 1. The normalized spacial score (nSPS) is 10.0. The van der Waals surface area contributed by atoms with E-state index in [1.165, 1.54) is 30.0 Å². The van der Waals surface area contributed by atoms with Crippen LogP contribution in [0.5, 0.6) is 0 Å². The quantitative estimate of drug-likeness (QED) is 0.866. The molecule has 0 aliphatic rings. The first kappa shape index (κ1) is 14.5. The molecule has 1 heterocycles. The van der Waals surface area contributed by atoms with Gasteiger partial charge in [0.15, 0.2) is 0 Å². The van der Waals surface area contributed by atoms with E-state index in [4.69, 9.17) is 0 Å². The van der Waals surface area contributed by atoms with E-state index < -0.39 is 11.9 Å². The topological polar surface area (TPSA) is 77.4 Å². The standard InChI is InChI=1S/C15H14N2O4/c1-17-7-6-10(9-13(17)18)14(19)16-12-5-3-4-11(8-12)15(20)21-2/h3-9H,1-2H3,(H,16,19). The zero-order valence-electron chi connectivity index (χ0n) is 11.6. The highest BCUT2D eigenvalue weighted by Gasteiger charge is 2.10. The third kappa shape index (κ3) is 3.36. The molecule has 1 N–H and O–H groups in total. The fraction of sp³-hybridized carbons (Fsp3) is 0.133. The fourth-order valence-electron chi connectivity index (χ4n) is 1.73. The van der Waals surface area contributed by atoms with Crippen LogP contribution >= 0.6 is 0 Å². The lowest BCUT2D eigenvalue weighted by Gasteiger charge is -2.07. The average molecular weight is 286 g/mol. The van der Waals surface area contributed by atoms with Crippen LogP contribution in [0.1, 0.15) is 20.7 Å². The van der Waals surface area contributed by atoms with E-state index in [0.717, 1.165) is 0 Å². The zero-order valence-corrected chi connectivity index (χ0v) is 11.6. The Balaban J connectivity index is 2.21. The van der Waals surface area contributed by atoms with E-state index in [2.05, 4.69) is 10.1 Å². The number of aryl methyl sites for hydroxylation is 1. The highest BCUT2D eigenvalue weighted by atomic mass is 16.5. The molecule has 6 heteroatoms. The number of aromatic nitrogens is 1. The van der Waals surface area contributed by atoms with Crippen LogP contribution in [0.25, 0.3) is 0 Å². The number of nitrogens with zero attached hydrogens (tertiary/aromatic N) is 1. The van der Waals surface area contributed by atoms with E-state index in [0.29, 0.717) is 11.3 Å². The third-order valence-corrected chi connectivity index (χ3v) is 2.91. The van der Waals surface area contributed by atoms with Crippen molar-refractivity contribution < 1.29 is 14.3 Å². The molecule has 1 amide bonds. The Morgan fingerprint density at radius 2 is 1.90 bits per heavy atom. The summed E-state index contributed by atoms with van der Waals surface area (Å²) in [5, 5.41) is 2.63. The molecule has 0 atom stereocenters. The molecule has 0 saturated carbocycles. The van der Waals surface area contributed by atoms with Crippen molar-refractivity contribution in [2.75, 3.05) is 12.4 Å². The van der Waals surface area contributed by atoms with Crippen LogP contribution < -0.4 is 10.9 Å². The van der Waals surface area contributed by atoms with Crippen LogP contribution in [-0.4, -0.2) is 23.6 Å². The number of carbonyl (C=O) groups is 2. The van der Waals surface area contributed by atoms with Crippen LogP contribution in [0.2, 0.25) is 0 Å². The molecule has 0 fully saturated rings. The van der Waals surface area contributed by atoms with Gasteiger partial charge in [0, 0.05) is 30.6 Å². The number of methoxy groups -OCH3 is 1. The Kier molecular flexibility index (Phi) is 4.18. The number of hydrogen-bond acceptors (Lipinski definition) is 4. The zero-order chi connectivity index (χ0) is 15.4. The maximum Gasteiger partial charge on any atom is 0.337 e. The maximum atomic E-state index is 12.1. The molecular formula is C15H14N2O4. The van der Waals surface area contributed by atoms with Gasteiger partial charge in [0.25, 0.3) is 11.5 Å². The summed E-state index contributed by atoms with van der Waals surface area (Å²) < 4.78 is 5.98. The Labute approximate surface area is 121 Å². The molecule has 0 aliphatic heterocycles. The Hall–Kier alpha value is -2.89. The van der Waals surface area contributed by atoms with Gasteiger partial charge in [-0.1, -0.05) is 6.07 Å². The number of benzene rings is 1. The van der Waals surface area contributed by atoms with Crippen molar-refractivity contribution in [1.82, 2.24) is 4.57 Å². The number of hydrogen-bond donors (Lipinski definition) is 1. The highest BCUT2D eigenvalue weighted by molar-refractivity contribution is 6.04. The summed E-state index contributed by atoms with van der Waals surface area (Å²) in [4.78, 5) is 35.0. The number of anilines is 1. The first-order valence-electron chi connectivity index (χ1n) is 6.17. The number of pyridine rings is 1. The second-order valence-corrected chi connectivity index (χ2v) is 4.39. The third-order valence-electron chi connectivity index (χ3n) is 2.91. The molecule has 21 heavy (non-hydrogen) atoms. The SMILES string of the molecule is COC(=O)c1cccc(NC(=O)c2ccn(C)c(=O)c2)c1. The van der Waals surface area contributed by atoms with Crippen LogP contribution in [0, 0.1) is 0 Å². The smallest absolute Gasteiger partial charge is 0.337 e. The second kappa shape index (κ2) is 6.04. The molecule has 6 nitrogen and oxygen atoms in total. The molecular weight excluding hydrogens is 272 g/mol. The van der Waals surface area contributed by atoms with E-state index in [1.54, 1.807) is 31.3 Å². The summed E-state index contributed by atoms with van der Waals surface area (Å²) in [5.41, 5.74) is 0.760. The van der Waals surface area contributed by atoms with Crippen molar-refractivity contribution in [3.63, 3.8) is 0 Å². The minimum absolute atomic E-state index is 0.251. The minimum atomic E-state index is -0.486. The number of carbonyl (C=O) groups excluding carboxylic acids is 2. The summed E-state index contributed by atoms with van der Waals surface area (Å²) in [7, 11) is 2.89. The van der Waals surface area contributed by atoms with Crippen molar-refractivity contribution in [1.29, 1.82) is 0 Å². The fourth-order valence-corrected chi connectivity index (χ4v) is 1.73. The number of esters is 1. The van der Waals surface area contributed by atoms with Crippen molar-refractivity contribution in [3.05, 3.63) is 64.1 Å². The highest BCUT2D eigenvalue weighted by Crippen LogP contribution is 2.12. The summed E-state index contributed by atoms with van der Waals surface area (Å²) in [6, 6.07) is 9.15.